The fourth-order valence-corrected chi connectivity index (χ4v) is 3.03. The number of hydrogen-bond donors (Lipinski definition) is 1. The molecule has 0 unspecified atom stereocenters. The van der Waals surface area contributed by atoms with Gasteiger partial charge in [0, 0.05) is 31.6 Å². The molecule has 0 saturated carbocycles. The summed E-state index contributed by atoms with van der Waals surface area (Å²) >= 11 is 0. The summed E-state index contributed by atoms with van der Waals surface area (Å²) in [6.45, 7) is 1.38. The van der Waals surface area contributed by atoms with E-state index in [1.807, 2.05) is 24.3 Å². The maximum atomic E-state index is 11.6. The van der Waals surface area contributed by atoms with Crippen LogP contribution in [-0.4, -0.2) is 44.3 Å². The van der Waals surface area contributed by atoms with Crippen LogP contribution in [0.15, 0.2) is 24.3 Å². The van der Waals surface area contributed by atoms with E-state index >= 15 is 0 Å². The van der Waals surface area contributed by atoms with Crippen LogP contribution in [0.4, 0.5) is 4.79 Å². The summed E-state index contributed by atoms with van der Waals surface area (Å²) in [5.41, 5.74) is 1.15. The Hall–Kier alpha value is -2.26. The second-order valence-corrected chi connectivity index (χ2v) is 5.92. The zero-order valence-electron chi connectivity index (χ0n) is 14.3. The molecule has 6 heteroatoms. The molecule has 2 rings (SSSR count). The van der Waals surface area contributed by atoms with Crippen molar-refractivity contribution in [1.82, 2.24) is 10.2 Å². The van der Waals surface area contributed by atoms with Crippen molar-refractivity contribution in [3.05, 3.63) is 29.8 Å². The Labute approximate surface area is 143 Å². The molecule has 0 aliphatic carbocycles. The van der Waals surface area contributed by atoms with Crippen molar-refractivity contribution in [2.24, 2.45) is 0 Å². The molecule has 6 nitrogen and oxygen atoms in total. The van der Waals surface area contributed by atoms with Gasteiger partial charge in [-0.25, -0.2) is 4.79 Å². The van der Waals surface area contributed by atoms with Gasteiger partial charge in [0.15, 0.2) is 0 Å². The minimum absolute atomic E-state index is 0.130. The molecule has 0 spiro atoms. The van der Waals surface area contributed by atoms with Crippen molar-refractivity contribution in [1.29, 1.82) is 5.26 Å². The fraction of sp³-hybridized carbons (Fsp3) is 0.556. The number of methoxy groups -OCH3 is 2. The van der Waals surface area contributed by atoms with Crippen molar-refractivity contribution in [2.45, 2.75) is 37.8 Å². The lowest BCUT2D eigenvalue weighted by Crippen LogP contribution is -2.45. The Morgan fingerprint density at radius 3 is 2.54 bits per heavy atom. The van der Waals surface area contributed by atoms with E-state index in [0.29, 0.717) is 25.6 Å². The third-order valence-electron chi connectivity index (χ3n) is 4.43. The molecule has 1 saturated heterocycles. The third kappa shape index (κ3) is 4.87. The number of nitriles is 1. The number of piperidine rings is 1. The number of nitrogens with zero attached hydrogens (tertiary/aromatic N) is 2. The minimum Gasteiger partial charge on any atom is -0.497 e. The first-order chi connectivity index (χ1) is 11.7. The van der Waals surface area contributed by atoms with Crippen LogP contribution < -0.4 is 10.1 Å². The molecule has 1 aromatic rings. The van der Waals surface area contributed by atoms with Gasteiger partial charge in [-0.05, 0) is 37.0 Å². The maximum absolute atomic E-state index is 11.6. The van der Waals surface area contributed by atoms with Crippen molar-refractivity contribution in [2.75, 3.05) is 27.3 Å². The molecule has 130 valence electrons. The normalized spacial score (nSPS) is 16.3. The van der Waals surface area contributed by atoms with E-state index < -0.39 is 0 Å². The Morgan fingerprint density at radius 2 is 2.00 bits per heavy atom. The molecule has 24 heavy (non-hydrogen) atoms. The van der Waals surface area contributed by atoms with Gasteiger partial charge in [0.1, 0.15) is 5.75 Å². The highest BCUT2D eigenvalue weighted by molar-refractivity contribution is 5.67. The lowest BCUT2D eigenvalue weighted by atomic mass is 9.98. The first-order valence-electron chi connectivity index (χ1n) is 8.27. The number of amides is 1. The SMILES string of the molecule is COC(=O)N1CCC(N[C@@H](CCC#N)c2ccc(OC)cc2)CC1. The van der Waals surface area contributed by atoms with Gasteiger partial charge < -0.3 is 19.7 Å². The highest BCUT2D eigenvalue weighted by atomic mass is 16.5. The zero-order valence-corrected chi connectivity index (χ0v) is 14.3. The smallest absolute Gasteiger partial charge is 0.409 e. The summed E-state index contributed by atoms with van der Waals surface area (Å²) in [5.74, 6) is 0.823. The van der Waals surface area contributed by atoms with Gasteiger partial charge in [-0.1, -0.05) is 12.1 Å². The van der Waals surface area contributed by atoms with Gasteiger partial charge >= 0.3 is 6.09 Å². The van der Waals surface area contributed by atoms with Crippen LogP contribution in [0.25, 0.3) is 0 Å². The second kappa shape index (κ2) is 9.14. The number of carbonyl (C=O) groups is 1. The van der Waals surface area contributed by atoms with E-state index in [9.17, 15) is 4.79 Å². The molecular formula is C18H25N3O3. The molecule has 1 aliphatic heterocycles. The highest BCUT2D eigenvalue weighted by Crippen LogP contribution is 2.24. The molecule has 1 heterocycles. The van der Waals surface area contributed by atoms with Crippen LogP contribution in [0.2, 0.25) is 0 Å². The number of nitrogens with one attached hydrogen (secondary N) is 1. The summed E-state index contributed by atoms with van der Waals surface area (Å²) in [4.78, 5) is 13.3. The summed E-state index contributed by atoms with van der Waals surface area (Å²) in [6.07, 6.45) is 2.78. The van der Waals surface area contributed by atoms with Crippen LogP contribution >= 0.6 is 0 Å². The topological polar surface area (TPSA) is 74.6 Å². The summed E-state index contributed by atoms with van der Waals surface area (Å²) in [7, 11) is 3.06. The number of carbonyl (C=O) groups excluding carboxylic acids is 1. The average molecular weight is 331 g/mol. The molecule has 0 aromatic heterocycles. The quantitative estimate of drug-likeness (QED) is 0.867. The van der Waals surface area contributed by atoms with E-state index in [1.54, 1.807) is 12.0 Å². The summed E-state index contributed by atoms with van der Waals surface area (Å²) in [6, 6.07) is 10.6. The molecular weight excluding hydrogens is 306 g/mol. The Kier molecular flexibility index (Phi) is 6.89. The summed E-state index contributed by atoms with van der Waals surface area (Å²) in [5, 5.41) is 12.6. The Morgan fingerprint density at radius 1 is 1.33 bits per heavy atom. The predicted octanol–water partition coefficient (Wildman–Crippen LogP) is 2.86. The Bertz CT molecular complexity index is 560. The van der Waals surface area contributed by atoms with Crippen molar-refractivity contribution < 1.29 is 14.3 Å². The van der Waals surface area contributed by atoms with E-state index in [-0.39, 0.29) is 12.1 Å². The first-order valence-corrected chi connectivity index (χ1v) is 8.27. The molecule has 1 amide bonds. The molecule has 1 aromatic carbocycles. The van der Waals surface area contributed by atoms with Crippen molar-refractivity contribution >= 4 is 6.09 Å². The Balaban J connectivity index is 1.96. The van der Waals surface area contributed by atoms with E-state index in [2.05, 4.69) is 11.4 Å². The highest BCUT2D eigenvalue weighted by Gasteiger charge is 2.25. The van der Waals surface area contributed by atoms with Gasteiger partial charge in [0.05, 0.1) is 20.3 Å². The van der Waals surface area contributed by atoms with Gasteiger partial charge in [-0.15, -0.1) is 0 Å². The third-order valence-corrected chi connectivity index (χ3v) is 4.43. The number of likely N-dealkylation sites (tertiary alicyclic amines) is 1. The summed E-state index contributed by atoms with van der Waals surface area (Å²) < 4.78 is 9.97. The van der Waals surface area contributed by atoms with E-state index in [4.69, 9.17) is 14.7 Å². The number of benzene rings is 1. The molecule has 1 atom stereocenters. The van der Waals surface area contributed by atoms with Gasteiger partial charge in [-0.2, -0.15) is 5.26 Å². The number of rotatable bonds is 6. The first kappa shape index (κ1) is 18.1. The molecule has 1 N–H and O–H groups in total. The molecule has 1 aliphatic rings. The largest absolute Gasteiger partial charge is 0.497 e. The molecule has 0 radical (unpaired) electrons. The van der Waals surface area contributed by atoms with Crippen molar-refractivity contribution in [3.8, 4) is 11.8 Å². The van der Waals surface area contributed by atoms with Crippen LogP contribution in [0, 0.1) is 11.3 Å². The van der Waals surface area contributed by atoms with Gasteiger partial charge in [0.25, 0.3) is 0 Å². The zero-order chi connectivity index (χ0) is 17.4. The minimum atomic E-state index is -0.260. The monoisotopic (exact) mass is 331 g/mol. The number of hydrogen-bond acceptors (Lipinski definition) is 5. The van der Waals surface area contributed by atoms with Gasteiger partial charge in [-0.3, -0.25) is 0 Å². The molecule has 0 bridgehead atoms. The van der Waals surface area contributed by atoms with Crippen LogP contribution in [0.1, 0.15) is 37.3 Å². The molecule has 1 fully saturated rings. The lowest BCUT2D eigenvalue weighted by molar-refractivity contribution is 0.108. The van der Waals surface area contributed by atoms with E-state index in [1.165, 1.54) is 7.11 Å². The fourth-order valence-electron chi connectivity index (χ4n) is 3.03. The van der Waals surface area contributed by atoms with Crippen LogP contribution in [0.3, 0.4) is 0 Å². The standard InChI is InChI=1S/C18H25N3O3/c1-23-16-7-5-14(6-8-16)17(4-3-11-19)20-15-9-12-21(13-10-15)18(22)24-2/h5-8,15,17,20H,3-4,9-10,12-13H2,1-2H3/t17-/m0/s1. The lowest BCUT2D eigenvalue weighted by Gasteiger charge is -2.34. The average Bonchev–Trinajstić information content (AvgIpc) is 2.65. The van der Waals surface area contributed by atoms with Crippen LogP contribution in [0.5, 0.6) is 5.75 Å². The maximum Gasteiger partial charge on any atom is 0.409 e. The van der Waals surface area contributed by atoms with Gasteiger partial charge in [0.2, 0.25) is 0 Å². The van der Waals surface area contributed by atoms with Crippen molar-refractivity contribution in [3.63, 3.8) is 0 Å². The second-order valence-electron chi connectivity index (χ2n) is 5.92. The van der Waals surface area contributed by atoms with Crippen LogP contribution in [-0.2, 0) is 4.74 Å². The number of ether oxygens (including phenoxy) is 2. The predicted molar refractivity (Wildman–Crippen MR) is 90.7 cm³/mol. The van der Waals surface area contributed by atoms with E-state index in [0.717, 1.165) is 30.6 Å².